The second kappa shape index (κ2) is 4.96. The molecule has 2 heteroatoms. The van der Waals surface area contributed by atoms with Gasteiger partial charge >= 0.3 is 134 Å². The van der Waals surface area contributed by atoms with Crippen LogP contribution in [0.4, 0.5) is 5.69 Å². The molecule has 0 fully saturated rings. The van der Waals surface area contributed by atoms with Crippen LogP contribution >= 0.6 is 6.75 Å². The normalized spacial score (nSPS) is 21.6. The average molecular weight is 311 g/mol. The second-order valence-electron chi connectivity index (χ2n) is 7.69. The third-order valence-electron chi connectivity index (χ3n) is 4.41. The van der Waals surface area contributed by atoms with E-state index in [1.54, 1.807) is 0 Å². The fraction of sp³-hybridized carbons (Fsp3) is 0.300. The predicted molar refractivity (Wildman–Crippen MR) is 103 cm³/mol. The summed E-state index contributed by atoms with van der Waals surface area (Å²) in [6.45, 7) is 9.51. The van der Waals surface area contributed by atoms with Crippen molar-refractivity contribution in [1.29, 1.82) is 0 Å². The summed E-state index contributed by atoms with van der Waals surface area (Å²) in [4.78, 5) is 0. The zero-order valence-electron chi connectivity index (χ0n) is 14.3. The Labute approximate surface area is 134 Å². The van der Waals surface area contributed by atoms with Crippen LogP contribution in [0.3, 0.4) is 0 Å². The van der Waals surface area contributed by atoms with Gasteiger partial charge < -0.3 is 0 Å². The number of rotatable bonds is 0. The molecule has 22 heavy (non-hydrogen) atoms. The summed E-state index contributed by atoms with van der Waals surface area (Å²) in [6, 6.07) is 13.3. The van der Waals surface area contributed by atoms with E-state index in [9.17, 15) is 0 Å². The molecule has 0 saturated heterocycles. The summed E-state index contributed by atoms with van der Waals surface area (Å²) in [5, 5.41) is 5.49. The molecule has 0 amide bonds. The van der Waals surface area contributed by atoms with Gasteiger partial charge in [-0.1, -0.05) is 0 Å². The number of nitrogens with one attached hydrogen (secondary N) is 1. The van der Waals surface area contributed by atoms with Crippen LogP contribution in [0.2, 0.25) is 0 Å². The Bertz CT molecular complexity index is 763. The first-order valence-corrected chi connectivity index (χ1v) is 11.5. The van der Waals surface area contributed by atoms with Crippen LogP contribution in [0.5, 0.6) is 0 Å². The minimum atomic E-state index is -2.22. The molecule has 116 valence electrons. The fourth-order valence-electron chi connectivity index (χ4n) is 3.86. The van der Waals surface area contributed by atoms with Crippen molar-refractivity contribution in [3.05, 3.63) is 64.7 Å². The van der Waals surface area contributed by atoms with Gasteiger partial charge in [0.05, 0.1) is 0 Å². The Kier molecular flexibility index (Phi) is 3.45. The number of anilines is 1. The van der Waals surface area contributed by atoms with E-state index in [1.807, 2.05) is 0 Å². The number of para-hydroxylation sites is 1. The molecule has 0 saturated carbocycles. The number of hydrogen-bond acceptors (Lipinski definition) is 1. The summed E-state index contributed by atoms with van der Waals surface area (Å²) in [6.07, 6.45) is 5.55. The van der Waals surface area contributed by atoms with Crippen LogP contribution in [0.15, 0.2) is 42.5 Å². The molecule has 1 aliphatic heterocycles. The molecule has 1 N–H and O–H groups in total. The first kappa shape index (κ1) is 15.3. The number of aryl methyl sites for hydroxylation is 2. The van der Waals surface area contributed by atoms with Crippen molar-refractivity contribution in [3.8, 4) is 0 Å². The summed E-state index contributed by atoms with van der Waals surface area (Å²) >= 11 is 0. The van der Waals surface area contributed by atoms with E-state index < -0.39 is 6.75 Å². The van der Waals surface area contributed by atoms with E-state index in [4.69, 9.17) is 0 Å². The van der Waals surface area contributed by atoms with Gasteiger partial charge in [0.2, 0.25) is 0 Å². The molecule has 0 bridgehead atoms. The molecule has 0 spiro atoms. The van der Waals surface area contributed by atoms with Crippen LogP contribution in [0, 0.1) is 13.8 Å². The number of fused-ring (bicyclic) bond motifs is 2. The molecule has 0 aliphatic carbocycles. The number of allylic oxidation sites excluding steroid dienone is 1. The third kappa shape index (κ3) is 2.71. The van der Waals surface area contributed by atoms with Gasteiger partial charge in [0.25, 0.3) is 0 Å². The van der Waals surface area contributed by atoms with E-state index in [2.05, 4.69) is 87.5 Å². The topological polar surface area (TPSA) is 12.0 Å². The van der Waals surface area contributed by atoms with Crippen molar-refractivity contribution in [2.45, 2.75) is 20.3 Å². The van der Waals surface area contributed by atoms with Crippen molar-refractivity contribution in [3.63, 3.8) is 0 Å². The van der Waals surface area contributed by atoms with E-state index in [1.165, 1.54) is 33.2 Å². The minimum absolute atomic E-state index is 1.00. The third-order valence-corrected chi connectivity index (χ3v) is 7.64. The summed E-state index contributed by atoms with van der Waals surface area (Å²) in [5.41, 5.74) is 6.77. The van der Waals surface area contributed by atoms with Crippen LogP contribution in [-0.2, 0) is 6.42 Å². The molecular formula is C20H26NP. The second-order valence-corrected chi connectivity index (χ2v) is 14.0. The van der Waals surface area contributed by atoms with Gasteiger partial charge in [-0.25, -0.2) is 0 Å². The first-order valence-electron chi connectivity index (χ1n) is 7.90. The molecule has 1 heterocycles. The Morgan fingerprint density at radius 1 is 1.00 bits per heavy atom. The molecule has 0 atom stereocenters. The quantitative estimate of drug-likeness (QED) is 0.678. The molecule has 2 aromatic carbocycles. The predicted octanol–water partition coefficient (Wildman–Crippen LogP) is 4.97. The van der Waals surface area contributed by atoms with Gasteiger partial charge in [0.1, 0.15) is 0 Å². The summed E-state index contributed by atoms with van der Waals surface area (Å²) in [5.74, 6) is 0. The van der Waals surface area contributed by atoms with Gasteiger partial charge in [-0.05, 0) is 0 Å². The summed E-state index contributed by atoms with van der Waals surface area (Å²) < 4.78 is 0. The first-order chi connectivity index (χ1) is 10.2. The molecule has 1 nitrogen and oxygen atoms in total. The molecule has 0 unspecified atom stereocenters. The van der Waals surface area contributed by atoms with E-state index >= 15 is 0 Å². The average Bonchev–Trinajstić information content (AvgIpc) is 2.41. The van der Waals surface area contributed by atoms with Crippen molar-refractivity contribution >= 4 is 23.8 Å². The van der Waals surface area contributed by atoms with Crippen LogP contribution in [-0.4, -0.2) is 20.0 Å². The van der Waals surface area contributed by atoms with Gasteiger partial charge in [0, 0.05) is 0 Å². The van der Waals surface area contributed by atoms with E-state index in [-0.39, 0.29) is 0 Å². The van der Waals surface area contributed by atoms with E-state index in [0.717, 1.165) is 6.42 Å². The molecular weight excluding hydrogens is 285 g/mol. The monoisotopic (exact) mass is 311 g/mol. The van der Waals surface area contributed by atoms with Crippen molar-refractivity contribution < 1.29 is 0 Å². The van der Waals surface area contributed by atoms with Gasteiger partial charge in [-0.2, -0.15) is 0 Å². The van der Waals surface area contributed by atoms with Crippen LogP contribution in [0.1, 0.15) is 22.3 Å². The molecule has 0 aromatic heterocycles. The SMILES string of the molecule is Cc1cc(C)c2c(c1)C/C=C\c1ccccc1NP2(C)(C)C. The Morgan fingerprint density at radius 3 is 2.50 bits per heavy atom. The standard InChI is InChI=1S/C20H26NP/c1-15-13-16(2)20-18(14-15)11-8-10-17-9-6-7-12-19(17)21-22(20,3,4)5/h6-10,12-14,21H,11H2,1-5H3/b10-8-. The van der Waals surface area contributed by atoms with Crippen molar-refractivity contribution in [1.82, 2.24) is 0 Å². The maximum atomic E-state index is 3.95. The molecule has 3 rings (SSSR count). The van der Waals surface area contributed by atoms with Crippen molar-refractivity contribution in [2.75, 3.05) is 25.1 Å². The Hall–Kier alpha value is -1.59. The summed E-state index contributed by atoms with van der Waals surface area (Å²) in [7, 11) is 0. The number of hydrogen-bond donors (Lipinski definition) is 1. The Morgan fingerprint density at radius 2 is 1.73 bits per heavy atom. The van der Waals surface area contributed by atoms with Gasteiger partial charge in [-0.15, -0.1) is 0 Å². The molecule has 0 radical (unpaired) electrons. The van der Waals surface area contributed by atoms with Gasteiger partial charge in [0.15, 0.2) is 0 Å². The zero-order chi connectivity index (χ0) is 16.0. The number of benzene rings is 2. The fourth-order valence-corrected chi connectivity index (χ4v) is 7.48. The molecule has 2 aromatic rings. The van der Waals surface area contributed by atoms with Crippen molar-refractivity contribution in [2.24, 2.45) is 0 Å². The van der Waals surface area contributed by atoms with Crippen LogP contribution < -0.4 is 10.4 Å². The van der Waals surface area contributed by atoms with Gasteiger partial charge in [-0.3, -0.25) is 0 Å². The molecule has 1 aliphatic rings. The maximum absolute atomic E-state index is 3.95. The zero-order valence-corrected chi connectivity index (χ0v) is 15.2. The van der Waals surface area contributed by atoms with E-state index in [0.29, 0.717) is 0 Å². The van der Waals surface area contributed by atoms with Crippen LogP contribution in [0.25, 0.3) is 6.08 Å². The Balaban J connectivity index is 2.29.